The predicted octanol–water partition coefficient (Wildman–Crippen LogP) is 8.21. The molecule has 0 amide bonds. The normalized spacial score (nSPS) is 16.7. The zero-order valence-corrected chi connectivity index (χ0v) is 32.9. The van der Waals surface area contributed by atoms with Crippen LogP contribution < -0.4 is 24.6 Å². The quantitative estimate of drug-likeness (QED) is 0.122. The third kappa shape index (κ3) is 8.11. The third-order valence-electron chi connectivity index (χ3n) is 10.8. The van der Waals surface area contributed by atoms with Crippen molar-refractivity contribution >= 4 is 34.8 Å². The molecule has 13 heteroatoms. The van der Waals surface area contributed by atoms with E-state index in [4.69, 9.17) is 42.6 Å². The van der Waals surface area contributed by atoms with E-state index in [0.717, 1.165) is 103 Å². The summed E-state index contributed by atoms with van der Waals surface area (Å²) in [6.07, 6.45) is 10.8. The van der Waals surface area contributed by atoms with Gasteiger partial charge in [-0.2, -0.15) is 0 Å². The number of rotatable bonds is 13. The number of ether oxygens (including phenoxy) is 2. The van der Waals surface area contributed by atoms with E-state index in [0.29, 0.717) is 46.0 Å². The summed E-state index contributed by atoms with van der Waals surface area (Å²) in [4.78, 5) is 31.3. The summed E-state index contributed by atoms with van der Waals surface area (Å²) in [6.45, 7) is 4.42. The molecular weight excluding hydrogens is 745 g/mol. The van der Waals surface area contributed by atoms with Crippen molar-refractivity contribution in [2.45, 2.75) is 38.3 Å². The first-order valence-electron chi connectivity index (χ1n) is 18.9. The first-order chi connectivity index (χ1) is 27.5. The Labute approximate surface area is 337 Å². The van der Waals surface area contributed by atoms with Crippen molar-refractivity contribution < 1.29 is 9.47 Å². The van der Waals surface area contributed by atoms with Gasteiger partial charge in [-0.15, -0.1) is 0 Å². The molecule has 56 heavy (non-hydrogen) atoms. The molecule has 2 aromatic carbocycles. The lowest BCUT2D eigenvalue weighted by Crippen LogP contribution is -2.32. The van der Waals surface area contributed by atoms with E-state index in [1.807, 2.05) is 66.7 Å². The molecular formula is C43H43Cl2N9O2. The monoisotopic (exact) mass is 787 g/mol. The highest BCUT2D eigenvalue weighted by atomic mass is 35.5. The van der Waals surface area contributed by atoms with Crippen LogP contribution in [-0.2, 0) is 13.0 Å². The summed E-state index contributed by atoms with van der Waals surface area (Å²) < 4.78 is 11.6. The summed E-state index contributed by atoms with van der Waals surface area (Å²) in [6, 6.07) is 24.3. The molecule has 6 aromatic rings. The summed E-state index contributed by atoms with van der Waals surface area (Å²) in [5.74, 6) is 3.67. The Morgan fingerprint density at radius 3 is 1.80 bits per heavy atom. The van der Waals surface area contributed by atoms with E-state index < -0.39 is 0 Å². The van der Waals surface area contributed by atoms with Crippen molar-refractivity contribution in [3.05, 3.63) is 119 Å². The summed E-state index contributed by atoms with van der Waals surface area (Å²) >= 11 is 14.4. The zero-order chi connectivity index (χ0) is 38.4. The molecule has 0 spiro atoms. The number of nitrogens with one attached hydrogen (secondary N) is 1. The fourth-order valence-corrected chi connectivity index (χ4v) is 8.41. The predicted molar refractivity (Wildman–Crippen MR) is 222 cm³/mol. The van der Waals surface area contributed by atoms with Gasteiger partial charge >= 0.3 is 0 Å². The fraction of sp³-hybridized carbons (Fsp3) is 0.302. The molecule has 2 aliphatic rings. The van der Waals surface area contributed by atoms with Gasteiger partial charge in [0.15, 0.2) is 0 Å². The van der Waals surface area contributed by atoms with E-state index in [1.165, 1.54) is 0 Å². The van der Waals surface area contributed by atoms with Crippen LogP contribution >= 0.6 is 23.2 Å². The van der Waals surface area contributed by atoms with Crippen LogP contribution in [-0.4, -0.2) is 76.3 Å². The summed E-state index contributed by atoms with van der Waals surface area (Å²) in [5, 5.41) is 4.78. The van der Waals surface area contributed by atoms with Gasteiger partial charge in [-0.05, 0) is 55.9 Å². The Hall–Kier alpha value is -5.36. The van der Waals surface area contributed by atoms with Crippen LogP contribution in [0.2, 0.25) is 10.0 Å². The van der Waals surface area contributed by atoms with Crippen LogP contribution in [0, 0.1) is 5.92 Å². The Kier molecular flexibility index (Phi) is 11.5. The Morgan fingerprint density at radius 2 is 1.21 bits per heavy atom. The van der Waals surface area contributed by atoms with Crippen molar-refractivity contribution in [2.75, 3.05) is 50.2 Å². The highest BCUT2D eigenvalue weighted by Crippen LogP contribution is 2.42. The lowest BCUT2D eigenvalue weighted by Gasteiger charge is -2.18. The van der Waals surface area contributed by atoms with Crippen LogP contribution in [0.1, 0.15) is 30.4 Å². The molecule has 2 aliphatic heterocycles. The smallest absolute Gasteiger partial charge is 0.218 e. The van der Waals surface area contributed by atoms with E-state index >= 15 is 0 Å². The first kappa shape index (κ1) is 37.6. The minimum Gasteiger partial charge on any atom is -0.481 e. The molecule has 2 fully saturated rings. The van der Waals surface area contributed by atoms with E-state index in [9.17, 15) is 0 Å². The number of methoxy groups -OCH3 is 2. The molecule has 1 N–H and O–H groups in total. The molecule has 4 aromatic heterocycles. The number of aryl methyl sites for hydroxylation is 1. The van der Waals surface area contributed by atoms with Gasteiger partial charge in [-0.1, -0.05) is 71.7 Å². The molecule has 2 saturated heterocycles. The van der Waals surface area contributed by atoms with Crippen LogP contribution in [0.4, 0.5) is 11.6 Å². The molecule has 11 nitrogen and oxygen atoms in total. The van der Waals surface area contributed by atoms with Crippen molar-refractivity contribution in [3.8, 4) is 45.4 Å². The largest absolute Gasteiger partial charge is 0.481 e. The average Bonchev–Trinajstić information content (AvgIpc) is 3.94. The van der Waals surface area contributed by atoms with Crippen LogP contribution in [0.25, 0.3) is 33.6 Å². The Balaban J connectivity index is 0.962. The highest BCUT2D eigenvalue weighted by molar-refractivity contribution is 6.39. The highest BCUT2D eigenvalue weighted by Gasteiger charge is 2.25. The SMILES string of the molecule is COc1nc(-c2cccc(-c3cccc(-c4ccc(CNC5CCN(c6ccncn6)C5)c(OC)n4)c3Cl)c2Cl)ccc1CCC1CCN(c2ccncn2)C1. The van der Waals surface area contributed by atoms with Gasteiger partial charge < -0.3 is 24.6 Å². The molecule has 2 atom stereocenters. The van der Waals surface area contributed by atoms with Gasteiger partial charge in [0.1, 0.15) is 24.3 Å². The van der Waals surface area contributed by atoms with E-state index in [1.54, 1.807) is 39.3 Å². The molecule has 0 radical (unpaired) electrons. The number of benzene rings is 2. The molecule has 2 unspecified atom stereocenters. The topological polar surface area (TPSA) is 114 Å². The minimum absolute atomic E-state index is 0.320. The molecule has 0 bridgehead atoms. The summed E-state index contributed by atoms with van der Waals surface area (Å²) in [5.41, 5.74) is 6.67. The fourth-order valence-electron chi connectivity index (χ4n) is 7.76. The number of halogens is 2. The van der Waals surface area contributed by atoms with Gasteiger partial charge in [-0.25, -0.2) is 29.9 Å². The van der Waals surface area contributed by atoms with Gasteiger partial charge in [0.2, 0.25) is 11.8 Å². The Bertz CT molecular complexity index is 2120. The molecule has 6 heterocycles. The van der Waals surface area contributed by atoms with Gasteiger partial charge in [0.05, 0.1) is 35.7 Å². The first-order valence-corrected chi connectivity index (χ1v) is 19.7. The standard InChI is InChI=1S/C43H43Cl2N9O2/c1-55-42-29(10-9-28-17-21-53(24-28)38-15-19-46-26-49-38)11-13-36(51-42)34-7-3-5-32(40(34)44)33-6-4-8-35(41(33)45)37-14-12-30(43(52-37)56-2)23-48-31-18-22-54(25-31)39-16-20-47-27-50-39/h3-8,11-16,19-20,26-28,31,48H,9-10,17-18,21-25H2,1-2H3. The number of aromatic nitrogens is 6. The number of hydrogen-bond acceptors (Lipinski definition) is 11. The number of pyridine rings is 2. The van der Waals surface area contributed by atoms with Gasteiger partial charge in [-0.3, -0.25) is 0 Å². The maximum Gasteiger partial charge on any atom is 0.218 e. The van der Waals surface area contributed by atoms with Crippen molar-refractivity contribution in [1.82, 2.24) is 35.2 Å². The maximum absolute atomic E-state index is 7.19. The van der Waals surface area contributed by atoms with Crippen LogP contribution in [0.5, 0.6) is 11.8 Å². The zero-order valence-electron chi connectivity index (χ0n) is 31.4. The number of nitrogens with zero attached hydrogens (tertiary/aromatic N) is 8. The summed E-state index contributed by atoms with van der Waals surface area (Å²) in [7, 11) is 3.31. The van der Waals surface area contributed by atoms with Crippen LogP contribution in [0.3, 0.4) is 0 Å². The third-order valence-corrected chi connectivity index (χ3v) is 11.6. The number of anilines is 2. The average molecular weight is 789 g/mol. The van der Waals surface area contributed by atoms with Crippen molar-refractivity contribution in [3.63, 3.8) is 0 Å². The second-order valence-electron chi connectivity index (χ2n) is 14.2. The molecule has 0 aliphatic carbocycles. The number of hydrogen-bond donors (Lipinski definition) is 1. The van der Waals surface area contributed by atoms with Gasteiger partial charge in [0, 0.05) is 84.5 Å². The Morgan fingerprint density at radius 1 is 0.661 bits per heavy atom. The minimum atomic E-state index is 0.320. The molecule has 0 saturated carbocycles. The maximum atomic E-state index is 7.19. The van der Waals surface area contributed by atoms with Gasteiger partial charge in [0.25, 0.3) is 0 Å². The van der Waals surface area contributed by atoms with Crippen molar-refractivity contribution in [2.24, 2.45) is 5.92 Å². The van der Waals surface area contributed by atoms with Crippen molar-refractivity contribution in [1.29, 1.82) is 0 Å². The van der Waals surface area contributed by atoms with E-state index in [2.05, 4.69) is 41.1 Å². The van der Waals surface area contributed by atoms with E-state index in [-0.39, 0.29) is 0 Å². The van der Waals surface area contributed by atoms with Crippen LogP contribution in [0.15, 0.2) is 97.8 Å². The second-order valence-corrected chi connectivity index (χ2v) is 14.9. The lowest BCUT2D eigenvalue weighted by molar-refractivity contribution is 0.389. The lowest BCUT2D eigenvalue weighted by atomic mass is 9.97. The second kappa shape index (κ2) is 17.2. The molecule has 8 rings (SSSR count). The molecule has 286 valence electrons.